The molecule has 0 unspecified atom stereocenters. The average molecular weight is 563 g/mol. The lowest BCUT2D eigenvalue weighted by Gasteiger charge is -2.32. The minimum atomic E-state index is -4.21. The molecule has 0 spiro atoms. The van der Waals surface area contributed by atoms with E-state index in [9.17, 15) is 18.0 Å². The lowest BCUT2D eigenvalue weighted by molar-refractivity contribution is -0.139. The highest BCUT2D eigenvalue weighted by Crippen LogP contribution is 2.35. The van der Waals surface area contributed by atoms with Gasteiger partial charge in [-0.05, 0) is 50.6 Å². The van der Waals surface area contributed by atoms with E-state index in [4.69, 9.17) is 23.2 Å². The Labute approximate surface area is 228 Å². The van der Waals surface area contributed by atoms with Crippen LogP contribution >= 0.6 is 23.2 Å². The van der Waals surface area contributed by atoms with Crippen LogP contribution in [0.5, 0.6) is 0 Å². The van der Waals surface area contributed by atoms with Crippen molar-refractivity contribution in [2.24, 2.45) is 0 Å². The van der Waals surface area contributed by atoms with Gasteiger partial charge < -0.3 is 10.2 Å². The first kappa shape index (κ1) is 28.5. The molecule has 0 aliphatic heterocycles. The number of sulfonamides is 1. The molecule has 7 nitrogen and oxygen atoms in total. The van der Waals surface area contributed by atoms with Crippen LogP contribution in [0, 0.1) is 6.92 Å². The number of carbonyl (C=O) groups excluding carboxylic acids is 2. The van der Waals surface area contributed by atoms with Gasteiger partial charge in [0.25, 0.3) is 10.0 Å². The van der Waals surface area contributed by atoms with E-state index in [-0.39, 0.29) is 33.1 Å². The van der Waals surface area contributed by atoms with Crippen molar-refractivity contribution in [3.8, 4) is 0 Å². The number of likely N-dealkylation sites (N-methyl/N-ethyl adjacent to an activating group) is 1. The highest BCUT2D eigenvalue weighted by molar-refractivity contribution is 7.92. The van der Waals surface area contributed by atoms with Crippen LogP contribution in [-0.4, -0.2) is 44.3 Å². The Kier molecular flexibility index (Phi) is 9.59. The Bertz CT molecular complexity index is 1350. The van der Waals surface area contributed by atoms with E-state index in [1.54, 1.807) is 38.1 Å². The molecule has 10 heteroatoms. The zero-order valence-corrected chi connectivity index (χ0v) is 23.1. The third-order valence-electron chi connectivity index (χ3n) is 5.80. The lowest BCUT2D eigenvalue weighted by atomic mass is 10.1. The van der Waals surface area contributed by atoms with Crippen LogP contribution in [0.4, 0.5) is 5.69 Å². The second-order valence-electron chi connectivity index (χ2n) is 8.48. The maximum atomic E-state index is 13.8. The van der Waals surface area contributed by atoms with Gasteiger partial charge in [-0.2, -0.15) is 0 Å². The van der Waals surface area contributed by atoms with E-state index in [1.165, 1.54) is 29.2 Å². The van der Waals surface area contributed by atoms with E-state index in [1.807, 2.05) is 31.2 Å². The number of hydrogen-bond donors (Lipinski definition) is 1. The summed E-state index contributed by atoms with van der Waals surface area (Å²) in [6.45, 7) is 5.26. The van der Waals surface area contributed by atoms with Gasteiger partial charge in [0.1, 0.15) is 12.6 Å². The maximum Gasteiger partial charge on any atom is 0.264 e. The zero-order valence-electron chi connectivity index (χ0n) is 20.8. The monoisotopic (exact) mass is 561 g/mol. The molecular weight excluding hydrogens is 533 g/mol. The van der Waals surface area contributed by atoms with E-state index < -0.39 is 28.5 Å². The summed E-state index contributed by atoms with van der Waals surface area (Å²) in [4.78, 5) is 27.9. The molecule has 1 atom stereocenters. The first-order valence-corrected chi connectivity index (χ1v) is 13.9. The quantitative estimate of drug-likeness (QED) is 0.375. The molecule has 0 aromatic heterocycles. The van der Waals surface area contributed by atoms with E-state index in [0.717, 1.165) is 15.4 Å². The number of rotatable bonds is 10. The fourth-order valence-electron chi connectivity index (χ4n) is 3.71. The number of nitrogens with one attached hydrogen (secondary N) is 1. The van der Waals surface area contributed by atoms with Gasteiger partial charge in [-0.15, -0.1) is 0 Å². The Morgan fingerprint density at radius 2 is 1.59 bits per heavy atom. The molecule has 0 fully saturated rings. The second-order valence-corrected chi connectivity index (χ2v) is 11.1. The largest absolute Gasteiger partial charge is 0.355 e. The van der Waals surface area contributed by atoms with Gasteiger partial charge in [0.05, 0.1) is 20.6 Å². The van der Waals surface area contributed by atoms with Crippen molar-refractivity contribution in [1.82, 2.24) is 10.2 Å². The molecule has 3 aromatic rings. The topological polar surface area (TPSA) is 86.8 Å². The highest BCUT2D eigenvalue weighted by atomic mass is 35.5. The molecule has 1 N–H and O–H groups in total. The van der Waals surface area contributed by atoms with Crippen LogP contribution in [-0.2, 0) is 26.2 Å². The average Bonchev–Trinajstić information content (AvgIpc) is 2.88. The van der Waals surface area contributed by atoms with Gasteiger partial charge in [0.2, 0.25) is 11.8 Å². The van der Waals surface area contributed by atoms with Gasteiger partial charge in [-0.25, -0.2) is 8.42 Å². The Hall–Kier alpha value is -3.07. The Morgan fingerprint density at radius 1 is 0.946 bits per heavy atom. The molecule has 196 valence electrons. The molecular formula is C27H29Cl2N3O4S. The number of aryl methyl sites for hydroxylation is 1. The van der Waals surface area contributed by atoms with E-state index in [0.29, 0.717) is 6.54 Å². The smallest absolute Gasteiger partial charge is 0.264 e. The van der Waals surface area contributed by atoms with Crippen molar-refractivity contribution >= 4 is 50.7 Å². The van der Waals surface area contributed by atoms with E-state index >= 15 is 0 Å². The zero-order chi connectivity index (χ0) is 27.2. The summed E-state index contributed by atoms with van der Waals surface area (Å²) in [6.07, 6.45) is 0. The van der Waals surface area contributed by atoms with Crippen LogP contribution in [0.2, 0.25) is 10.0 Å². The predicted molar refractivity (Wildman–Crippen MR) is 147 cm³/mol. The van der Waals surface area contributed by atoms with Gasteiger partial charge >= 0.3 is 0 Å². The number of hydrogen-bond acceptors (Lipinski definition) is 4. The first-order valence-electron chi connectivity index (χ1n) is 11.7. The molecule has 0 radical (unpaired) electrons. The predicted octanol–water partition coefficient (Wildman–Crippen LogP) is 5.05. The molecule has 37 heavy (non-hydrogen) atoms. The SMILES string of the molecule is CCNC(=O)[C@@H](C)N(Cc1ccc(C)cc1)C(=O)CN(c1cccc(Cl)c1Cl)S(=O)(=O)c1ccccc1. The minimum absolute atomic E-state index is 0.00154. The van der Waals surface area contributed by atoms with Crippen molar-refractivity contribution in [3.05, 3.63) is 94.0 Å². The van der Waals surface area contributed by atoms with Gasteiger partial charge in [-0.1, -0.05) is 77.3 Å². The molecule has 3 rings (SSSR count). The Balaban J connectivity index is 2.06. The maximum absolute atomic E-state index is 13.8. The number of nitrogens with zero attached hydrogens (tertiary/aromatic N) is 2. The number of carbonyl (C=O) groups is 2. The fourth-order valence-corrected chi connectivity index (χ4v) is 5.61. The summed E-state index contributed by atoms with van der Waals surface area (Å²) in [5.74, 6) is -0.920. The van der Waals surface area contributed by atoms with Crippen LogP contribution in [0.3, 0.4) is 0 Å². The van der Waals surface area contributed by atoms with Crippen molar-refractivity contribution in [3.63, 3.8) is 0 Å². The third kappa shape index (κ3) is 6.83. The summed E-state index contributed by atoms with van der Waals surface area (Å²) in [6, 6.07) is 19.0. The molecule has 0 saturated heterocycles. The first-order chi connectivity index (χ1) is 17.6. The fraction of sp³-hybridized carbons (Fsp3) is 0.259. The second kappa shape index (κ2) is 12.4. The standard InChI is InChI=1S/C27H29Cl2N3O4S/c1-4-30-27(34)20(3)31(17-21-15-13-19(2)14-16-21)25(33)18-32(24-12-8-11-23(28)26(24)29)37(35,36)22-9-6-5-7-10-22/h5-16,20H,4,17-18H2,1-3H3,(H,30,34)/t20-/m1/s1. The van der Waals surface area contributed by atoms with Crippen molar-refractivity contribution < 1.29 is 18.0 Å². The van der Waals surface area contributed by atoms with Gasteiger partial charge in [-0.3, -0.25) is 13.9 Å². The summed E-state index contributed by atoms with van der Waals surface area (Å²) in [7, 11) is -4.21. The van der Waals surface area contributed by atoms with Gasteiger partial charge in [0, 0.05) is 13.1 Å². The number of anilines is 1. The van der Waals surface area contributed by atoms with Crippen molar-refractivity contribution in [2.75, 3.05) is 17.4 Å². The lowest BCUT2D eigenvalue weighted by Crippen LogP contribution is -2.51. The van der Waals surface area contributed by atoms with E-state index in [2.05, 4.69) is 5.32 Å². The van der Waals surface area contributed by atoms with Crippen LogP contribution in [0.1, 0.15) is 25.0 Å². The highest BCUT2D eigenvalue weighted by Gasteiger charge is 2.33. The molecule has 0 aliphatic rings. The van der Waals surface area contributed by atoms with Gasteiger partial charge in [0.15, 0.2) is 0 Å². The van der Waals surface area contributed by atoms with Crippen LogP contribution < -0.4 is 9.62 Å². The normalized spacial score (nSPS) is 12.0. The summed E-state index contributed by atoms with van der Waals surface area (Å²) < 4.78 is 28.4. The third-order valence-corrected chi connectivity index (χ3v) is 8.38. The summed E-state index contributed by atoms with van der Waals surface area (Å²) in [5, 5.41) is 2.87. The van der Waals surface area contributed by atoms with Crippen LogP contribution in [0.25, 0.3) is 0 Å². The minimum Gasteiger partial charge on any atom is -0.355 e. The summed E-state index contributed by atoms with van der Waals surface area (Å²) in [5.41, 5.74) is 1.91. The Morgan fingerprint density at radius 3 is 2.22 bits per heavy atom. The molecule has 0 bridgehead atoms. The molecule has 3 aromatic carbocycles. The summed E-state index contributed by atoms with van der Waals surface area (Å²) >= 11 is 12.6. The molecule has 2 amide bonds. The molecule has 0 aliphatic carbocycles. The van der Waals surface area contributed by atoms with Crippen molar-refractivity contribution in [1.29, 1.82) is 0 Å². The van der Waals surface area contributed by atoms with Crippen molar-refractivity contribution in [2.45, 2.75) is 38.3 Å². The molecule has 0 saturated carbocycles. The number of amides is 2. The number of halogens is 2. The number of benzene rings is 3. The van der Waals surface area contributed by atoms with Crippen LogP contribution in [0.15, 0.2) is 77.7 Å². The molecule has 0 heterocycles.